The van der Waals surface area contributed by atoms with Crippen LogP contribution < -0.4 is 5.32 Å². The van der Waals surface area contributed by atoms with Crippen LogP contribution >= 0.6 is 11.3 Å². The maximum atomic E-state index is 11.7. The molecule has 0 atom stereocenters. The number of amides is 1. The summed E-state index contributed by atoms with van der Waals surface area (Å²) in [5.41, 5.74) is 0. The predicted molar refractivity (Wildman–Crippen MR) is 81.2 cm³/mol. The normalized spacial score (nSPS) is 10.4. The van der Waals surface area contributed by atoms with Crippen molar-refractivity contribution < 1.29 is 14.3 Å². The lowest BCUT2D eigenvalue weighted by Gasteiger charge is -2.05. The number of ketones is 1. The first kappa shape index (κ1) is 16.9. The average molecular weight is 297 g/mol. The van der Waals surface area contributed by atoms with Gasteiger partial charge in [-0.2, -0.15) is 0 Å². The van der Waals surface area contributed by atoms with E-state index in [1.54, 1.807) is 6.07 Å². The van der Waals surface area contributed by atoms with Crippen LogP contribution in [0.5, 0.6) is 0 Å². The van der Waals surface area contributed by atoms with Crippen LogP contribution in [-0.4, -0.2) is 31.4 Å². The molecule has 1 heterocycles. The summed E-state index contributed by atoms with van der Waals surface area (Å²) in [4.78, 5) is 24.0. The largest absolute Gasteiger partial charge is 0.381 e. The molecule has 1 N–H and O–H groups in total. The molecule has 1 amide bonds. The van der Waals surface area contributed by atoms with Crippen molar-refractivity contribution in [3.8, 4) is 0 Å². The maximum absolute atomic E-state index is 11.7. The molecule has 0 unspecified atom stereocenters. The monoisotopic (exact) mass is 297 g/mol. The molecule has 0 aliphatic carbocycles. The van der Waals surface area contributed by atoms with Crippen LogP contribution in [0.4, 0.5) is 0 Å². The molecule has 5 heteroatoms. The summed E-state index contributed by atoms with van der Waals surface area (Å²) in [5.74, 6) is -0.0264. The molecule has 0 spiro atoms. The van der Waals surface area contributed by atoms with Gasteiger partial charge in [0, 0.05) is 32.6 Å². The zero-order valence-corrected chi connectivity index (χ0v) is 12.8. The van der Waals surface area contributed by atoms with E-state index in [1.807, 2.05) is 11.4 Å². The van der Waals surface area contributed by atoms with Gasteiger partial charge in [0.1, 0.15) is 0 Å². The number of thiophene rings is 1. The van der Waals surface area contributed by atoms with Crippen LogP contribution in [0.3, 0.4) is 0 Å². The zero-order chi connectivity index (χ0) is 14.6. The van der Waals surface area contributed by atoms with Crippen molar-refractivity contribution in [3.63, 3.8) is 0 Å². The van der Waals surface area contributed by atoms with Gasteiger partial charge in [-0.1, -0.05) is 19.4 Å². The molecule has 0 aliphatic heterocycles. The second-order valence-corrected chi connectivity index (χ2v) is 5.52. The van der Waals surface area contributed by atoms with Crippen molar-refractivity contribution in [3.05, 3.63) is 22.4 Å². The number of hydrogen-bond acceptors (Lipinski definition) is 4. The van der Waals surface area contributed by atoms with Gasteiger partial charge < -0.3 is 10.1 Å². The minimum absolute atomic E-state index is 0.0399. The van der Waals surface area contributed by atoms with Crippen LogP contribution in [0, 0.1) is 0 Å². The van der Waals surface area contributed by atoms with Crippen LogP contribution in [0.25, 0.3) is 0 Å². The first-order valence-electron chi connectivity index (χ1n) is 7.15. The molecule has 0 saturated heterocycles. The summed E-state index contributed by atoms with van der Waals surface area (Å²) in [6, 6.07) is 3.63. The quantitative estimate of drug-likeness (QED) is 0.504. The number of ether oxygens (including phenoxy) is 1. The summed E-state index contributed by atoms with van der Waals surface area (Å²) >= 11 is 1.42. The Balaban J connectivity index is 1.99. The number of rotatable bonds is 11. The average Bonchev–Trinajstić information content (AvgIpc) is 2.98. The van der Waals surface area contributed by atoms with Gasteiger partial charge in [0.25, 0.3) is 0 Å². The van der Waals surface area contributed by atoms with E-state index in [-0.39, 0.29) is 24.5 Å². The topological polar surface area (TPSA) is 55.4 Å². The molecule has 0 bridgehead atoms. The minimum atomic E-state index is -0.0662. The van der Waals surface area contributed by atoms with Crippen molar-refractivity contribution in [2.45, 2.75) is 39.0 Å². The van der Waals surface area contributed by atoms with E-state index in [4.69, 9.17) is 4.74 Å². The fourth-order valence-electron chi connectivity index (χ4n) is 1.63. The summed E-state index contributed by atoms with van der Waals surface area (Å²) in [5, 5.41) is 4.67. The Morgan fingerprint density at radius 1 is 1.25 bits per heavy atom. The lowest BCUT2D eigenvalue weighted by atomic mass is 10.2. The Morgan fingerprint density at radius 2 is 2.05 bits per heavy atom. The maximum Gasteiger partial charge on any atom is 0.220 e. The highest BCUT2D eigenvalue weighted by Gasteiger charge is 2.09. The molecule has 112 valence electrons. The number of carbonyl (C=O) groups excluding carboxylic acids is 2. The van der Waals surface area contributed by atoms with Crippen LogP contribution in [0.1, 0.15) is 48.7 Å². The van der Waals surface area contributed by atoms with Crippen molar-refractivity contribution in [2.24, 2.45) is 0 Å². The second-order valence-electron chi connectivity index (χ2n) is 4.57. The Morgan fingerprint density at radius 3 is 2.75 bits per heavy atom. The molecule has 0 aromatic carbocycles. The van der Waals surface area contributed by atoms with Crippen LogP contribution in [0.2, 0.25) is 0 Å². The van der Waals surface area contributed by atoms with Gasteiger partial charge in [-0.3, -0.25) is 9.59 Å². The van der Waals surface area contributed by atoms with E-state index in [1.165, 1.54) is 11.3 Å². The van der Waals surface area contributed by atoms with Gasteiger partial charge in [-0.25, -0.2) is 0 Å². The highest BCUT2D eigenvalue weighted by molar-refractivity contribution is 7.12. The summed E-state index contributed by atoms with van der Waals surface area (Å²) in [6.07, 6.45) is 3.56. The highest BCUT2D eigenvalue weighted by atomic mass is 32.1. The molecule has 0 aliphatic rings. The van der Waals surface area contributed by atoms with Gasteiger partial charge in [0.2, 0.25) is 5.91 Å². The predicted octanol–water partition coefficient (Wildman–Crippen LogP) is 3.03. The molecule has 4 nitrogen and oxygen atoms in total. The molecule has 1 rings (SSSR count). The van der Waals surface area contributed by atoms with Gasteiger partial charge in [-0.15, -0.1) is 11.3 Å². The molecule has 1 aromatic heterocycles. The van der Waals surface area contributed by atoms with E-state index >= 15 is 0 Å². The van der Waals surface area contributed by atoms with E-state index in [9.17, 15) is 9.59 Å². The third kappa shape index (κ3) is 7.40. The van der Waals surface area contributed by atoms with Crippen molar-refractivity contribution >= 4 is 23.0 Å². The molecule has 0 fully saturated rings. The SMILES string of the molecule is CCCCOCCCNC(=O)CCC(=O)c1cccs1. The zero-order valence-electron chi connectivity index (χ0n) is 12.0. The molecular formula is C15H23NO3S. The van der Waals surface area contributed by atoms with Crippen molar-refractivity contribution in [1.29, 1.82) is 0 Å². The third-order valence-corrected chi connectivity index (χ3v) is 3.72. The van der Waals surface area contributed by atoms with Gasteiger partial charge in [-0.05, 0) is 24.3 Å². The Bertz CT molecular complexity index is 390. The van der Waals surface area contributed by atoms with E-state index < -0.39 is 0 Å². The lowest BCUT2D eigenvalue weighted by molar-refractivity contribution is -0.121. The fourth-order valence-corrected chi connectivity index (χ4v) is 2.32. The van der Waals surface area contributed by atoms with E-state index in [0.29, 0.717) is 13.2 Å². The van der Waals surface area contributed by atoms with Crippen molar-refractivity contribution in [2.75, 3.05) is 19.8 Å². The third-order valence-electron chi connectivity index (χ3n) is 2.80. The van der Waals surface area contributed by atoms with Gasteiger partial charge in [0.05, 0.1) is 4.88 Å². The fraction of sp³-hybridized carbons (Fsp3) is 0.600. The summed E-state index contributed by atoms with van der Waals surface area (Å²) in [6.45, 7) is 4.20. The number of hydrogen-bond donors (Lipinski definition) is 1. The van der Waals surface area contributed by atoms with Crippen molar-refractivity contribution in [1.82, 2.24) is 5.32 Å². The minimum Gasteiger partial charge on any atom is -0.381 e. The Kier molecular flexibility index (Phi) is 8.91. The standard InChI is InChI=1S/C15H23NO3S/c1-2-3-10-19-11-5-9-16-15(18)8-7-13(17)14-6-4-12-20-14/h4,6,12H,2-3,5,7-11H2,1H3,(H,16,18). The second kappa shape index (κ2) is 10.6. The number of nitrogens with one attached hydrogen (secondary N) is 1. The van der Waals surface area contributed by atoms with E-state index in [0.717, 1.165) is 30.7 Å². The first-order chi connectivity index (χ1) is 9.74. The molecule has 0 radical (unpaired) electrons. The smallest absolute Gasteiger partial charge is 0.220 e. The Labute approximate surface area is 124 Å². The summed E-state index contributed by atoms with van der Waals surface area (Å²) in [7, 11) is 0. The number of carbonyl (C=O) groups is 2. The molecule has 0 saturated carbocycles. The molecule has 20 heavy (non-hydrogen) atoms. The van der Waals surface area contributed by atoms with Crippen LogP contribution in [0.15, 0.2) is 17.5 Å². The number of Topliss-reactive ketones (excluding diaryl/α,β-unsaturated/α-hetero) is 1. The Hall–Kier alpha value is -1.20. The van der Waals surface area contributed by atoms with Gasteiger partial charge in [0.15, 0.2) is 5.78 Å². The summed E-state index contributed by atoms with van der Waals surface area (Å²) < 4.78 is 5.40. The molecule has 1 aromatic rings. The molecular weight excluding hydrogens is 274 g/mol. The first-order valence-corrected chi connectivity index (χ1v) is 8.03. The number of unbranched alkanes of at least 4 members (excludes halogenated alkanes) is 1. The lowest BCUT2D eigenvalue weighted by Crippen LogP contribution is -2.25. The van der Waals surface area contributed by atoms with Gasteiger partial charge >= 0.3 is 0 Å². The highest BCUT2D eigenvalue weighted by Crippen LogP contribution is 2.12. The van der Waals surface area contributed by atoms with E-state index in [2.05, 4.69) is 12.2 Å². The van der Waals surface area contributed by atoms with Crippen LogP contribution in [-0.2, 0) is 9.53 Å².